The number of nitrogen functional groups attached to an aromatic ring is 1. The lowest BCUT2D eigenvalue weighted by Gasteiger charge is -2.26. The number of aromatic amines is 1. The van der Waals surface area contributed by atoms with Gasteiger partial charge < -0.3 is 20.7 Å². The Balaban J connectivity index is 1.65. The second-order valence-corrected chi connectivity index (χ2v) is 6.70. The van der Waals surface area contributed by atoms with Gasteiger partial charge in [0.2, 0.25) is 5.91 Å². The normalized spacial score (nSPS) is 14.0. The van der Waals surface area contributed by atoms with Crippen molar-refractivity contribution in [3.05, 3.63) is 46.2 Å². The van der Waals surface area contributed by atoms with E-state index in [1.54, 1.807) is 35.2 Å². The standard InChI is InChI=1S/C17H19N5O4S/c18-14-13(19-15(24)11-4-2-1-3-5-11)16(25)21-17(20-14)27-10-12(23)22-6-8-26-9-7-22/h1-5H,6-10H2,(H,19,24)(H3,18,20,21,25). The van der Waals surface area contributed by atoms with Crippen molar-refractivity contribution in [3.8, 4) is 0 Å². The molecule has 0 unspecified atom stereocenters. The fourth-order valence-electron chi connectivity index (χ4n) is 2.47. The molecule has 2 aromatic rings. The third-order valence-corrected chi connectivity index (χ3v) is 4.75. The highest BCUT2D eigenvalue weighted by atomic mass is 32.2. The van der Waals surface area contributed by atoms with E-state index < -0.39 is 11.5 Å². The molecule has 1 aliphatic rings. The van der Waals surface area contributed by atoms with Gasteiger partial charge in [-0.25, -0.2) is 4.98 Å². The van der Waals surface area contributed by atoms with Crippen LogP contribution in [0.3, 0.4) is 0 Å². The highest BCUT2D eigenvalue weighted by Crippen LogP contribution is 2.18. The lowest BCUT2D eigenvalue weighted by Crippen LogP contribution is -2.41. The van der Waals surface area contributed by atoms with Gasteiger partial charge in [0, 0.05) is 18.7 Å². The summed E-state index contributed by atoms with van der Waals surface area (Å²) >= 11 is 1.08. The van der Waals surface area contributed by atoms with Gasteiger partial charge in [0.05, 0.1) is 19.0 Å². The smallest absolute Gasteiger partial charge is 0.277 e. The number of rotatable bonds is 5. The minimum absolute atomic E-state index is 0.0639. The number of anilines is 2. The lowest BCUT2D eigenvalue weighted by atomic mass is 10.2. The first-order valence-electron chi connectivity index (χ1n) is 8.29. The quantitative estimate of drug-likeness (QED) is 0.503. The molecule has 142 valence electrons. The van der Waals surface area contributed by atoms with Crippen molar-refractivity contribution in [2.75, 3.05) is 43.1 Å². The van der Waals surface area contributed by atoms with E-state index in [9.17, 15) is 14.4 Å². The first kappa shape index (κ1) is 18.9. The molecule has 3 rings (SSSR count). The average molecular weight is 389 g/mol. The summed E-state index contributed by atoms with van der Waals surface area (Å²) in [6.07, 6.45) is 0. The third-order valence-electron chi connectivity index (χ3n) is 3.90. The van der Waals surface area contributed by atoms with Crippen LogP contribution in [0, 0.1) is 0 Å². The number of thioether (sulfide) groups is 1. The van der Waals surface area contributed by atoms with Crippen LogP contribution in [0.4, 0.5) is 11.5 Å². The van der Waals surface area contributed by atoms with Crippen LogP contribution in [-0.4, -0.2) is 58.7 Å². The van der Waals surface area contributed by atoms with Crippen LogP contribution in [0.2, 0.25) is 0 Å². The van der Waals surface area contributed by atoms with E-state index in [0.717, 1.165) is 11.8 Å². The van der Waals surface area contributed by atoms with Crippen LogP contribution >= 0.6 is 11.8 Å². The summed E-state index contributed by atoms with van der Waals surface area (Å²) in [5.41, 5.74) is 5.53. The minimum atomic E-state index is -0.576. The number of hydrogen-bond donors (Lipinski definition) is 3. The summed E-state index contributed by atoms with van der Waals surface area (Å²) in [5, 5.41) is 2.69. The number of carbonyl (C=O) groups excluding carboxylic acids is 2. The van der Waals surface area contributed by atoms with Crippen molar-refractivity contribution >= 4 is 35.1 Å². The first-order chi connectivity index (χ1) is 13.0. The Labute approximate surface area is 159 Å². The molecule has 1 aliphatic heterocycles. The van der Waals surface area contributed by atoms with Gasteiger partial charge in [-0.05, 0) is 12.1 Å². The molecule has 27 heavy (non-hydrogen) atoms. The molecule has 0 aliphatic carbocycles. The van der Waals surface area contributed by atoms with E-state index >= 15 is 0 Å². The fourth-order valence-corrected chi connectivity index (χ4v) is 3.24. The fraction of sp³-hybridized carbons (Fsp3) is 0.294. The number of nitrogens with zero attached hydrogens (tertiary/aromatic N) is 2. The maximum atomic E-state index is 12.3. The minimum Gasteiger partial charge on any atom is -0.382 e. The molecule has 10 heteroatoms. The monoisotopic (exact) mass is 389 g/mol. The van der Waals surface area contributed by atoms with Crippen molar-refractivity contribution in [3.63, 3.8) is 0 Å². The molecule has 1 saturated heterocycles. The topological polar surface area (TPSA) is 130 Å². The molecule has 0 spiro atoms. The molecule has 2 amide bonds. The number of ether oxygens (including phenoxy) is 1. The summed E-state index contributed by atoms with van der Waals surface area (Å²) in [4.78, 5) is 44.9. The molecule has 0 saturated carbocycles. The Kier molecular flexibility index (Phi) is 6.09. The van der Waals surface area contributed by atoms with Crippen LogP contribution in [-0.2, 0) is 9.53 Å². The lowest BCUT2D eigenvalue weighted by molar-refractivity contribution is -0.132. The van der Waals surface area contributed by atoms with Crippen LogP contribution in [0.1, 0.15) is 10.4 Å². The van der Waals surface area contributed by atoms with Gasteiger partial charge in [-0.3, -0.25) is 19.4 Å². The van der Waals surface area contributed by atoms with Crippen LogP contribution in [0.15, 0.2) is 40.3 Å². The molecule has 1 aromatic carbocycles. The average Bonchev–Trinajstić information content (AvgIpc) is 2.70. The summed E-state index contributed by atoms with van der Waals surface area (Å²) in [7, 11) is 0. The van der Waals surface area contributed by atoms with Crippen molar-refractivity contribution in [2.24, 2.45) is 0 Å². The highest BCUT2D eigenvalue weighted by molar-refractivity contribution is 7.99. The van der Waals surface area contributed by atoms with Crippen molar-refractivity contribution in [2.45, 2.75) is 5.16 Å². The highest BCUT2D eigenvalue weighted by Gasteiger charge is 2.18. The third kappa shape index (κ3) is 4.86. The molecular weight excluding hydrogens is 370 g/mol. The van der Waals surface area contributed by atoms with Crippen molar-refractivity contribution < 1.29 is 14.3 Å². The van der Waals surface area contributed by atoms with E-state index in [0.29, 0.717) is 31.9 Å². The van der Waals surface area contributed by atoms with Gasteiger partial charge in [0.25, 0.3) is 11.5 Å². The number of amides is 2. The van der Waals surface area contributed by atoms with Gasteiger partial charge in [-0.1, -0.05) is 30.0 Å². The zero-order valence-corrected chi connectivity index (χ0v) is 15.3. The SMILES string of the molecule is Nc1nc(SCC(=O)N2CCOCC2)[nH]c(=O)c1NC(=O)c1ccccc1. The number of H-pyrrole nitrogens is 1. The zero-order chi connectivity index (χ0) is 19.2. The maximum Gasteiger partial charge on any atom is 0.277 e. The molecule has 9 nitrogen and oxygen atoms in total. The molecule has 2 heterocycles. The first-order valence-corrected chi connectivity index (χ1v) is 9.27. The summed E-state index contributed by atoms with van der Waals surface area (Å²) in [5.74, 6) is -0.509. The number of nitrogens with one attached hydrogen (secondary N) is 2. The maximum absolute atomic E-state index is 12.3. The van der Waals surface area contributed by atoms with Gasteiger partial charge >= 0.3 is 0 Å². The van der Waals surface area contributed by atoms with E-state index in [-0.39, 0.29) is 28.3 Å². The Morgan fingerprint density at radius 1 is 1.26 bits per heavy atom. The summed E-state index contributed by atoms with van der Waals surface area (Å²) < 4.78 is 5.21. The van der Waals surface area contributed by atoms with Crippen LogP contribution in [0.5, 0.6) is 0 Å². The number of nitrogens with two attached hydrogens (primary N) is 1. The molecular formula is C17H19N5O4S. The number of aromatic nitrogens is 2. The van der Waals surface area contributed by atoms with Crippen molar-refractivity contribution in [1.29, 1.82) is 0 Å². The predicted octanol–water partition coefficient (Wildman–Crippen LogP) is 0.555. The van der Waals surface area contributed by atoms with Crippen LogP contribution < -0.4 is 16.6 Å². The zero-order valence-electron chi connectivity index (χ0n) is 14.4. The molecule has 1 aromatic heterocycles. The van der Waals surface area contributed by atoms with Crippen LogP contribution in [0.25, 0.3) is 0 Å². The van der Waals surface area contributed by atoms with E-state index in [4.69, 9.17) is 10.5 Å². The molecule has 0 atom stereocenters. The van der Waals surface area contributed by atoms with Gasteiger partial charge in [-0.2, -0.15) is 0 Å². The number of hydrogen-bond acceptors (Lipinski definition) is 7. The Bertz CT molecular complexity index is 881. The van der Waals surface area contributed by atoms with Gasteiger partial charge in [0.1, 0.15) is 5.69 Å². The molecule has 1 fully saturated rings. The van der Waals surface area contributed by atoms with Gasteiger partial charge in [0.15, 0.2) is 11.0 Å². The second-order valence-electron chi connectivity index (χ2n) is 5.73. The van der Waals surface area contributed by atoms with Crippen molar-refractivity contribution in [1.82, 2.24) is 14.9 Å². The van der Waals surface area contributed by atoms with E-state index in [2.05, 4.69) is 15.3 Å². The molecule has 0 bridgehead atoms. The summed E-state index contributed by atoms with van der Waals surface area (Å²) in [6, 6.07) is 8.45. The predicted molar refractivity (Wildman–Crippen MR) is 102 cm³/mol. The molecule has 4 N–H and O–H groups in total. The number of benzene rings is 1. The summed E-state index contributed by atoms with van der Waals surface area (Å²) in [6.45, 7) is 2.15. The number of morpholine rings is 1. The Hall–Kier alpha value is -2.85. The van der Waals surface area contributed by atoms with Gasteiger partial charge in [-0.15, -0.1) is 0 Å². The second kappa shape index (κ2) is 8.69. The Morgan fingerprint density at radius 3 is 2.63 bits per heavy atom. The molecule has 0 radical (unpaired) electrons. The Morgan fingerprint density at radius 2 is 1.96 bits per heavy atom. The number of carbonyl (C=O) groups is 2. The largest absolute Gasteiger partial charge is 0.382 e. The van der Waals surface area contributed by atoms with E-state index in [1.165, 1.54) is 0 Å². The van der Waals surface area contributed by atoms with E-state index in [1.807, 2.05) is 0 Å².